The molecule has 1 rings (SSSR count). The molecule has 1 unspecified atom stereocenters. The topological polar surface area (TPSA) is 45.4 Å². The highest BCUT2D eigenvalue weighted by atomic mass is 16.3. The number of furan rings is 1. The van der Waals surface area contributed by atoms with E-state index in [2.05, 4.69) is 5.32 Å². The summed E-state index contributed by atoms with van der Waals surface area (Å²) < 4.78 is 5.16. The molecule has 1 heterocycles. The summed E-state index contributed by atoms with van der Waals surface area (Å²) in [6.07, 6.45) is 5.54. The number of aliphatic hydroxyl groups is 1. The van der Waals surface area contributed by atoms with Gasteiger partial charge in [0, 0.05) is 13.1 Å². The van der Waals surface area contributed by atoms with Crippen LogP contribution >= 0.6 is 0 Å². The molecule has 0 radical (unpaired) electrons. The van der Waals surface area contributed by atoms with E-state index in [9.17, 15) is 5.11 Å². The largest absolute Gasteiger partial charge is 0.465 e. The van der Waals surface area contributed by atoms with Crippen molar-refractivity contribution in [3.63, 3.8) is 0 Å². The van der Waals surface area contributed by atoms with E-state index in [1.54, 1.807) is 6.26 Å². The van der Waals surface area contributed by atoms with Crippen LogP contribution in [0.5, 0.6) is 0 Å². The van der Waals surface area contributed by atoms with Gasteiger partial charge in [0.05, 0.1) is 11.9 Å². The minimum Gasteiger partial charge on any atom is -0.465 e. The minimum atomic E-state index is -0.654. The first-order valence-corrected chi connectivity index (χ1v) is 5.65. The van der Waals surface area contributed by atoms with Crippen molar-refractivity contribution in [1.29, 1.82) is 0 Å². The molecule has 3 heteroatoms. The predicted octanol–water partition coefficient (Wildman–Crippen LogP) is 2.29. The Balaban J connectivity index is 2.22. The van der Waals surface area contributed by atoms with Crippen molar-refractivity contribution in [1.82, 2.24) is 5.32 Å². The van der Waals surface area contributed by atoms with Crippen LogP contribution < -0.4 is 5.32 Å². The molecule has 0 spiro atoms. The van der Waals surface area contributed by atoms with Gasteiger partial charge in [0.25, 0.3) is 0 Å². The third-order valence-electron chi connectivity index (χ3n) is 2.81. The van der Waals surface area contributed by atoms with Crippen LogP contribution in [0.4, 0.5) is 0 Å². The van der Waals surface area contributed by atoms with Gasteiger partial charge in [-0.3, -0.25) is 0 Å². The lowest BCUT2D eigenvalue weighted by atomic mass is 9.93. The van der Waals surface area contributed by atoms with E-state index >= 15 is 0 Å². The van der Waals surface area contributed by atoms with Crippen LogP contribution in [-0.2, 0) is 0 Å². The fraction of sp³-hybridized carbons (Fsp3) is 0.538. The van der Waals surface area contributed by atoms with E-state index < -0.39 is 5.60 Å². The first kappa shape index (κ1) is 13.0. The highest BCUT2D eigenvalue weighted by Crippen LogP contribution is 2.14. The Kier molecular flexibility index (Phi) is 4.77. The smallest absolute Gasteiger partial charge is 0.126 e. The van der Waals surface area contributed by atoms with Crippen LogP contribution in [0.3, 0.4) is 0 Å². The van der Waals surface area contributed by atoms with Crippen LogP contribution in [0.2, 0.25) is 0 Å². The van der Waals surface area contributed by atoms with E-state index in [0.717, 1.165) is 12.3 Å². The summed E-state index contributed by atoms with van der Waals surface area (Å²) in [6.45, 7) is 7.19. The Bertz CT molecular complexity index is 313. The Morgan fingerprint density at radius 1 is 1.56 bits per heavy atom. The molecule has 1 aromatic rings. The average molecular weight is 223 g/mol. The van der Waals surface area contributed by atoms with Gasteiger partial charge in [0.15, 0.2) is 0 Å². The minimum absolute atomic E-state index is 0.244. The van der Waals surface area contributed by atoms with Crippen LogP contribution in [0.1, 0.15) is 26.5 Å². The van der Waals surface area contributed by atoms with Crippen molar-refractivity contribution in [2.75, 3.05) is 13.1 Å². The van der Waals surface area contributed by atoms with Crippen LogP contribution in [-0.4, -0.2) is 23.8 Å². The third-order valence-corrected chi connectivity index (χ3v) is 2.81. The molecule has 0 saturated carbocycles. The Morgan fingerprint density at radius 3 is 2.88 bits per heavy atom. The van der Waals surface area contributed by atoms with Crippen molar-refractivity contribution in [3.8, 4) is 0 Å². The molecule has 90 valence electrons. The van der Waals surface area contributed by atoms with Crippen molar-refractivity contribution in [2.24, 2.45) is 5.92 Å². The SMILES string of the molecule is CC(C)C(C)(O)CNC/C=C/c1ccco1. The molecular formula is C13H21NO2. The molecule has 0 aliphatic heterocycles. The highest BCUT2D eigenvalue weighted by Gasteiger charge is 2.23. The summed E-state index contributed by atoms with van der Waals surface area (Å²) in [6, 6.07) is 3.76. The number of nitrogens with one attached hydrogen (secondary N) is 1. The first-order chi connectivity index (χ1) is 7.52. The molecule has 16 heavy (non-hydrogen) atoms. The van der Waals surface area contributed by atoms with Gasteiger partial charge in [0.1, 0.15) is 5.76 Å². The summed E-state index contributed by atoms with van der Waals surface area (Å²) in [5.41, 5.74) is -0.654. The van der Waals surface area contributed by atoms with E-state index in [1.807, 2.05) is 45.1 Å². The molecule has 0 fully saturated rings. The fourth-order valence-electron chi connectivity index (χ4n) is 1.17. The number of hydrogen-bond acceptors (Lipinski definition) is 3. The van der Waals surface area contributed by atoms with Crippen LogP contribution in [0.15, 0.2) is 28.9 Å². The van der Waals surface area contributed by atoms with Crippen molar-refractivity contribution >= 4 is 6.08 Å². The fourth-order valence-corrected chi connectivity index (χ4v) is 1.17. The quantitative estimate of drug-likeness (QED) is 0.727. The third kappa shape index (κ3) is 4.21. The summed E-state index contributed by atoms with van der Waals surface area (Å²) in [4.78, 5) is 0. The standard InChI is InChI=1S/C13H21NO2/c1-11(2)13(3,15)10-14-8-4-6-12-7-5-9-16-12/h4-7,9,11,14-15H,8,10H2,1-3H3/b6-4+. The number of rotatable bonds is 6. The lowest BCUT2D eigenvalue weighted by molar-refractivity contribution is 0.0151. The molecular weight excluding hydrogens is 202 g/mol. The van der Waals surface area contributed by atoms with Crippen molar-refractivity contribution in [2.45, 2.75) is 26.4 Å². The second-order valence-electron chi connectivity index (χ2n) is 4.56. The van der Waals surface area contributed by atoms with E-state index in [-0.39, 0.29) is 5.92 Å². The Labute approximate surface area is 97.2 Å². The van der Waals surface area contributed by atoms with Crippen LogP contribution in [0, 0.1) is 5.92 Å². The lowest BCUT2D eigenvalue weighted by Gasteiger charge is -2.27. The normalized spacial score (nSPS) is 15.8. The van der Waals surface area contributed by atoms with Gasteiger partial charge in [0.2, 0.25) is 0 Å². The lowest BCUT2D eigenvalue weighted by Crippen LogP contribution is -2.42. The summed E-state index contributed by atoms with van der Waals surface area (Å²) in [5, 5.41) is 13.2. The molecule has 0 aliphatic rings. The maximum Gasteiger partial charge on any atom is 0.126 e. The molecule has 1 aromatic heterocycles. The first-order valence-electron chi connectivity index (χ1n) is 5.65. The van der Waals surface area contributed by atoms with Gasteiger partial charge >= 0.3 is 0 Å². The molecule has 0 bridgehead atoms. The van der Waals surface area contributed by atoms with Crippen LogP contribution in [0.25, 0.3) is 6.08 Å². The van der Waals surface area contributed by atoms with Crippen molar-refractivity contribution in [3.05, 3.63) is 30.2 Å². The Morgan fingerprint density at radius 2 is 2.31 bits per heavy atom. The molecule has 0 saturated heterocycles. The van der Waals surface area contributed by atoms with Crippen molar-refractivity contribution < 1.29 is 9.52 Å². The monoisotopic (exact) mass is 223 g/mol. The summed E-state index contributed by atoms with van der Waals surface area (Å²) >= 11 is 0. The molecule has 0 aliphatic carbocycles. The van der Waals surface area contributed by atoms with Gasteiger partial charge in [-0.25, -0.2) is 0 Å². The maximum absolute atomic E-state index is 9.97. The number of hydrogen-bond donors (Lipinski definition) is 2. The van der Waals surface area contributed by atoms with E-state index in [1.165, 1.54) is 0 Å². The van der Waals surface area contributed by atoms with Gasteiger partial charge in [-0.05, 0) is 31.1 Å². The zero-order valence-corrected chi connectivity index (χ0v) is 10.2. The van der Waals surface area contributed by atoms with Gasteiger partial charge in [-0.2, -0.15) is 0 Å². The second kappa shape index (κ2) is 5.87. The molecule has 3 nitrogen and oxygen atoms in total. The predicted molar refractivity (Wildman–Crippen MR) is 66.1 cm³/mol. The molecule has 2 N–H and O–H groups in total. The average Bonchev–Trinajstić information content (AvgIpc) is 2.69. The van der Waals surface area contributed by atoms with E-state index in [0.29, 0.717) is 6.54 Å². The zero-order valence-electron chi connectivity index (χ0n) is 10.2. The molecule has 1 atom stereocenters. The van der Waals surface area contributed by atoms with Gasteiger partial charge < -0.3 is 14.8 Å². The van der Waals surface area contributed by atoms with Gasteiger partial charge in [-0.15, -0.1) is 0 Å². The second-order valence-corrected chi connectivity index (χ2v) is 4.56. The Hall–Kier alpha value is -1.06. The summed E-state index contributed by atoms with van der Waals surface area (Å²) in [5.74, 6) is 1.09. The van der Waals surface area contributed by atoms with Gasteiger partial charge in [-0.1, -0.05) is 19.9 Å². The molecule has 0 aromatic carbocycles. The summed E-state index contributed by atoms with van der Waals surface area (Å²) in [7, 11) is 0. The zero-order chi connectivity index (χ0) is 12.0. The maximum atomic E-state index is 9.97. The molecule has 0 amide bonds. The highest BCUT2D eigenvalue weighted by molar-refractivity contribution is 5.42. The van der Waals surface area contributed by atoms with E-state index in [4.69, 9.17) is 4.42 Å².